The lowest BCUT2D eigenvalue weighted by molar-refractivity contribution is -0.00242. The molecule has 47 valence electrons. The van der Waals surface area contributed by atoms with Crippen LogP contribution in [-0.4, -0.2) is 30.7 Å². The predicted octanol–water partition coefficient (Wildman–Crippen LogP) is 0.499. The van der Waals surface area contributed by atoms with E-state index in [9.17, 15) is 0 Å². The molecule has 0 aromatic heterocycles. The molecule has 0 amide bonds. The van der Waals surface area contributed by atoms with Gasteiger partial charge >= 0.3 is 0 Å². The van der Waals surface area contributed by atoms with Crippen LogP contribution in [0.3, 0.4) is 0 Å². The molecule has 0 aromatic carbocycles. The van der Waals surface area contributed by atoms with Gasteiger partial charge in [0.25, 0.3) is 0 Å². The van der Waals surface area contributed by atoms with Crippen molar-refractivity contribution in [1.29, 1.82) is 0 Å². The van der Waals surface area contributed by atoms with Gasteiger partial charge in [0, 0.05) is 20.1 Å². The Kier molecular flexibility index (Phi) is 1.86. The normalized spacial score (nSPS) is 33.0. The van der Waals surface area contributed by atoms with Crippen LogP contribution in [0.25, 0.3) is 0 Å². The number of morpholine rings is 1. The molecular weight excluding hydrogens is 102 g/mol. The summed E-state index contributed by atoms with van der Waals surface area (Å²) in [6.07, 6.45) is 0.376. The van der Waals surface area contributed by atoms with Crippen LogP contribution in [-0.2, 0) is 4.74 Å². The lowest BCUT2D eigenvalue weighted by Gasteiger charge is -2.26. The van der Waals surface area contributed by atoms with Crippen LogP contribution in [0, 0.1) is 7.05 Å². The zero-order chi connectivity index (χ0) is 5.98. The van der Waals surface area contributed by atoms with Crippen molar-refractivity contribution in [2.45, 2.75) is 13.0 Å². The van der Waals surface area contributed by atoms with E-state index in [0.29, 0.717) is 6.10 Å². The molecular formula is C6H12NO. The van der Waals surface area contributed by atoms with Crippen molar-refractivity contribution in [3.05, 3.63) is 7.05 Å². The van der Waals surface area contributed by atoms with Crippen LogP contribution in [0.1, 0.15) is 6.92 Å². The summed E-state index contributed by atoms with van der Waals surface area (Å²) < 4.78 is 5.27. The Hall–Kier alpha value is -0.0800. The molecule has 2 heteroatoms. The van der Waals surface area contributed by atoms with Gasteiger partial charge in [0.1, 0.15) is 0 Å². The van der Waals surface area contributed by atoms with Crippen molar-refractivity contribution in [2.75, 3.05) is 19.7 Å². The summed E-state index contributed by atoms with van der Waals surface area (Å²) in [4.78, 5) is 2.04. The number of hydrogen-bond acceptors (Lipinski definition) is 2. The van der Waals surface area contributed by atoms with Crippen LogP contribution in [0.5, 0.6) is 0 Å². The van der Waals surface area contributed by atoms with Crippen LogP contribution in [0.2, 0.25) is 0 Å². The number of hydrogen-bond donors (Lipinski definition) is 0. The molecule has 8 heavy (non-hydrogen) atoms. The smallest absolute Gasteiger partial charge is 0.0674 e. The van der Waals surface area contributed by atoms with E-state index in [-0.39, 0.29) is 0 Å². The Labute approximate surface area is 50.4 Å². The van der Waals surface area contributed by atoms with Crippen molar-refractivity contribution in [3.8, 4) is 0 Å². The van der Waals surface area contributed by atoms with E-state index in [1.807, 2.05) is 4.90 Å². The maximum absolute atomic E-state index is 5.27. The van der Waals surface area contributed by atoms with Crippen molar-refractivity contribution in [1.82, 2.24) is 4.90 Å². The van der Waals surface area contributed by atoms with E-state index in [1.165, 1.54) is 0 Å². The molecule has 0 saturated carbocycles. The fourth-order valence-corrected chi connectivity index (χ4v) is 0.891. The third-order valence-corrected chi connectivity index (χ3v) is 1.33. The van der Waals surface area contributed by atoms with Gasteiger partial charge < -0.3 is 4.74 Å². The summed E-state index contributed by atoms with van der Waals surface area (Å²) in [5.74, 6) is 0. The molecule has 1 saturated heterocycles. The molecule has 1 atom stereocenters. The lowest BCUT2D eigenvalue weighted by atomic mass is 10.3. The van der Waals surface area contributed by atoms with Crippen molar-refractivity contribution in [2.24, 2.45) is 0 Å². The quantitative estimate of drug-likeness (QED) is 0.454. The topological polar surface area (TPSA) is 12.5 Å². The van der Waals surface area contributed by atoms with Gasteiger partial charge in [-0.25, -0.2) is 0 Å². The van der Waals surface area contributed by atoms with E-state index in [4.69, 9.17) is 4.74 Å². The van der Waals surface area contributed by atoms with Gasteiger partial charge in [0.2, 0.25) is 0 Å². The minimum absolute atomic E-state index is 0.376. The first-order valence-corrected chi connectivity index (χ1v) is 2.96. The molecule has 0 aromatic rings. The maximum atomic E-state index is 5.27. The summed E-state index contributed by atoms with van der Waals surface area (Å²) in [6.45, 7) is 4.85. The number of ether oxygens (including phenoxy) is 1. The summed E-state index contributed by atoms with van der Waals surface area (Å²) in [6, 6.07) is 0. The molecule has 1 aliphatic heterocycles. The highest BCUT2D eigenvalue weighted by Crippen LogP contribution is 2.00. The molecule has 1 aliphatic rings. The molecule has 0 aliphatic carbocycles. The minimum Gasteiger partial charge on any atom is -0.376 e. The second-order valence-electron chi connectivity index (χ2n) is 2.26. The van der Waals surface area contributed by atoms with Gasteiger partial charge in [0.05, 0.1) is 12.7 Å². The maximum Gasteiger partial charge on any atom is 0.0674 e. The van der Waals surface area contributed by atoms with E-state index < -0.39 is 0 Å². The van der Waals surface area contributed by atoms with Crippen LogP contribution in [0.15, 0.2) is 0 Å². The van der Waals surface area contributed by atoms with Crippen LogP contribution < -0.4 is 0 Å². The monoisotopic (exact) mass is 114 g/mol. The van der Waals surface area contributed by atoms with Crippen LogP contribution >= 0.6 is 0 Å². The van der Waals surface area contributed by atoms with Gasteiger partial charge in [-0.1, -0.05) is 0 Å². The summed E-state index contributed by atoms with van der Waals surface area (Å²) in [5, 5.41) is 0. The third kappa shape index (κ3) is 1.46. The Morgan fingerprint density at radius 2 is 2.50 bits per heavy atom. The highest BCUT2D eigenvalue weighted by Gasteiger charge is 2.11. The van der Waals surface area contributed by atoms with Crippen molar-refractivity contribution >= 4 is 0 Å². The van der Waals surface area contributed by atoms with Crippen molar-refractivity contribution < 1.29 is 4.74 Å². The highest BCUT2D eigenvalue weighted by atomic mass is 16.5. The SMILES string of the molecule is [CH2]N1CCOC(C)C1. The Morgan fingerprint density at radius 1 is 1.75 bits per heavy atom. The molecule has 2 nitrogen and oxygen atoms in total. The first kappa shape index (κ1) is 6.05. The molecule has 1 unspecified atom stereocenters. The van der Waals surface area contributed by atoms with E-state index in [2.05, 4.69) is 14.0 Å². The predicted molar refractivity (Wildman–Crippen MR) is 32.3 cm³/mol. The first-order valence-electron chi connectivity index (χ1n) is 2.96. The van der Waals surface area contributed by atoms with E-state index in [1.54, 1.807) is 0 Å². The standard InChI is InChI=1S/C6H12NO/c1-6-5-7(2)3-4-8-6/h6H,2-5H2,1H3. The highest BCUT2D eigenvalue weighted by molar-refractivity contribution is 4.65. The average Bonchev–Trinajstić information content (AvgIpc) is 1.64. The fourth-order valence-electron chi connectivity index (χ4n) is 0.891. The second-order valence-corrected chi connectivity index (χ2v) is 2.26. The molecule has 1 rings (SSSR count). The lowest BCUT2D eigenvalue weighted by Crippen LogP contribution is -2.36. The summed E-state index contributed by atoms with van der Waals surface area (Å²) in [7, 11) is 3.80. The largest absolute Gasteiger partial charge is 0.376 e. The Balaban J connectivity index is 2.23. The summed E-state index contributed by atoms with van der Waals surface area (Å²) >= 11 is 0. The molecule has 0 N–H and O–H groups in total. The molecule has 1 fully saturated rings. The Bertz CT molecular complexity index is 66.9. The minimum atomic E-state index is 0.376. The summed E-state index contributed by atoms with van der Waals surface area (Å²) in [5.41, 5.74) is 0. The zero-order valence-corrected chi connectivity index (χ0v) is 5.26. The van der Waals surface area contributed by atoms with Gasteiger partial charge in [-0.05, 0) is 6.92 Å². The average molecular weight is 114 g/mol. The van der Waals surface area contributed by atoms with Gasteiger partial charge in [-0.3, -0.25) is 4.90 Å². The van der Waals surface area contributed by atoms with Crippen molar-refractivity contribution in [3.63, 3.8) is 0 Å². The van der Waals surface area contributed by atoms with Gasteiger partial charge in [-0.2, -0.15) is 0 Å². The van der Waals surface area contributed by atoms with Crippen LogP contribution in [0.4, 0.5) is 0 Å². The second kappa shape index (κ2) is 2.46. The van der Waals surface area contributed by atoms with E-state index >= 15 is 0 Å². The molecule has 1 heterocycles. The zero-order valence-electron chi connectivity index (χ0n) is 5.26. The molecule has 1 radical (unpaired) electrons. The fraction of sp³-hybridized carbons (Fsp3) is 0.833. The number of rotatable bonds is 0. The molecule has 0 bridgehead atoms. The first-order chi connectivity index (χ1) is 3.79. The number of nitrogens with zero attached hydrogens (tertiary/aromatic N) is 1. The van der Waals surface area contributed by atoms with E-state index in [0.717, 1.165) is 19.7 Å². The van der Waals surface area contributed by atoms with Gasteiger partial charge in [-0.15, -0.1) is 0 Å². The van der Waals surface area contributed by atoms with Gasteiger partial charge in [0.15, 0.2) is 0 Å². The Morgan fingerprint density at radius 3 is 2.88 bits per heavy atom. The third-order valence-electron chi connectivity index (χ3n) is 1.33. The molecule has 0 spiro atoms.